The predicted octanol–water partition coefficient (Wildman–Crippen LogP) is 3.62. The highest BCUT2D eigenvalue weighted by atomic mass is 31.1. The van der Waals surface area contributed by atoms with Crippen LogP contribution in [0, 0.1) is 29.1 Å². The van der Waals surface area contributed by atoms with Gasteiger partial charge in [0.15, 0.2) is 0 Å². The number of rotatable bonds is 3. The highest BCUT2D eigenvalue weighted by Gasteiger charge is 2.45. The Morgan fingerprint density at radius 2 is 1.25 bits per heavy atom. The van der Waals surface area contributed by atoms with Gasteiger partial charge >= 0.3 is 11.6 Å². The van der Waals surface area contributed by atoms with Crippen molar-refractivity contribution in [2.45, 2.75) is 5.66 Å². The second-order valence-corrected chi connectivity index (χ2v) is 6.07. The first-order valence-corrected chi connectivity index (χ1v) is 7.04. The fourth-order valence-corrected chi connectivity index (χ4v) is 1.42. The van der Waals surface area contributed by atoms with Gasteiger partial charge in [0.05, 0.1) is 0 Å². The van der Waals surface area contributed by atoms with Crippen molar-refractivity contribution in [3.05, 3.63) is 29.1 Å². The Bertz CT molecular complexity index is 530. The zero-order chi connectivity index (χ0) is 15.8. The molecule has 0 bridgehead atoms. The number of benzene rings is 1. The number of hydrogen-bond donors (Lipinski definition) is 0. The molecule has 0 heterocycles. The van der Waals surface area contributed by atoms with Crippen LogP contribution in [0.5, 0.6) is 5.75 Å². The molecular formula is C10H6F7O2P. The molecule has 1 aromatic carbocycles. The lowest BCUT2D eigenvalue weighted by Gasteiger charge is -2.19. The van der Waals surface area contributed by atoms with Crippen LogP contribution in [-0.2, 0) is 4.79 Å². The van der Waals surface area contributed by atoms with Gasteiger partial charge in [-0.1, -0.05) is 0 Å². The number of hydrogen-bond acceptors (Lipinski definition) is 2. The molecule has 20 heavy (non-hydrogen) atoms. The van der Waals surface area contributed by atoms with E-state index in [0.717, 1.165) is 13.3 Å². The van der Waals surface area contributed by atoms with Gasteiger partial charge in [0.1, 0.15) is 0 Å². The average Bonchev–Trinajstić information content (AvgIpc) is 2.38. The molecule has 0 saturated heterocycles. The molecule has 0 radical (unpaired) electrons. The van der Waals surface area contributed by atoms with Gasteiger partial charge in [-0.25, -0.2) is 18.0 Å². The van der Waals surface area contributed by atoms with E-state index < -0.39 is 54.4 Å². The maximum absolute atomic E-state index is 13.2. The third-order valence-corrected chi connectivity index (χ3v) is 3.48. The van der Waals surface area contributed by atoms with Gasteiger partial charge in [-0.05, 0) is 21.3 Å². The lowest BCUT2D eigenvalue weighted by molar-refractivity contribution is -0.151. The molecule has 0 saturated carbocycles. The Hall–Kier alpha value is -1.37. The van der Waals surface area contributed by atoms with E-state index in [1.165, 1.54) is 0 Å². The van der Waals surface area contributed by atoms with Gasteiger partial charge in [-0.3, -0.25) is 0 Å². The second kappa shape index (κ2) is 5.55. The van der Waals surface area contributed by atoms with E-state index in [1.54, 1.807) is 0 Å². The number of carbonyl (C=O) groups excluding carboxylic acids is 1. The van der Waals surface area contributed by atoms with E-state index in [-0.39, 0.29) is 0 Å². The van der Waals surface area contributed by atoms with Crippen LogP contribution in [0.1, 0.15) is 0 Å². The molecule has 1 rings (SSSR count). The zero-order valence-corrected chi connectivity index (χ0v) is 10.8. The molecule has 0 fully saturated rings. The molecule has 0 unspecified atom stereocenters. The summed E-state index contributed by atoms with van der Waals surface area (Å²) in [5, 5.41) is 0. The molecule has 0 aliphatic rings. The topological polar surface area (TPSA) is 26.3 Å². The number of esters is 1. The van der Waals surface area contributed by atoms with Crippen LogP contribution < -0.4 is 4.74 Å². The maximum Gasteiger partial charge on any atom is 0.386 e. The summed E-state index contributed by atoms with van der Waals surface area (Å²) in [6, 6.07) is 0. The summed E-state index contributed by atoms with van der Waals surface area (Å²) >= 11 is 0. The van der Waals surface area contributed by atoms with Crippen LogP contribution in [0.25, 0.3) is 0 Å². The first-order chi connectivity index (χ1) is 9.01. The molecule has 0 N–H and O–H groups in total. The Kier molecular flexibility index (Phi) is 4.63. The summed E-state index contributed by atoms with van der Waals surface area (Å²) < 4.78 is 94.5. The fraction of sp³-hybridized carbons (Fsp3) is 0.300. The molecule has 0 aromatic heterocycles. The third kappa shape index (κ3) is 2.72. The summed E-state index contributed by atoms with van der Waals surface area (Å²) in [6.45, 7) is 1.93. The summed E-state index contributed by atoms with van der Waals surface area (Å²) in [5.74, 6) is -16.7. The standard InChI is InChI=1S/C10H6F7O2P/c1-20(2)10(16,17)9(18)19-8-6(14)4(12)3(11)5(13)7(8)15/h1-2H3. The molecule has 10 heteroatoms. The minimum absolute atomic E-state index is 0.967. The Morgan fingerprint density at radius 1 is 0.900 bits per heavy atom. The zero-order valence-electron chi connectivity index (χ0n) is 9.91. The van der Waals surface area contributed by atoms with Crippen LogP contribution in [0.3, 0.4) is 0 Å². The molecule has 2 nitrogen and oxygen atoms in total. The van der Waals surface area contributed by atoms with E-state index in [4.69, 9.17) is 0 Å². The Morgan fingerprint density at radius 3 is 1.60 bits per heavy atom. The van der Waals surface area contributed by atoms with Crippen LogP contribution >= 0.6 is 7.92 Å². The first-order valence-electron chi connectivity index (χ1n) is 4.80. The highest BCUT2D eigenvalue weighted by molar-refractivity contribution is 7.58. The average molecular weight is 322 g/mol. The van der Waals surface area contributed by atoms with Gasteiger partial charge in [0.2, 0.25) is 34.8 Å². The molecule has 0 amide bonds. The normalized spacial score (nSPS) is 11.9. The quantitative estimate of drug-likeness (QED) is 0.212. The summed E-state index contributed by atoms with van der Waals surface area (Å²) in [5.41, 5.74) is -4.09. The van der Waals surface area contributed by atoms with Gasteiger partial charge < -0.3 is 4.74 Å². The van der Waals surface area contributed by atoms with E-state index in [0.29, 0.717) is 0 Å². The van der Waals surface area contributed by atoms with Gasteiger partial charge in [-0.15, -0.1) is 0 Å². The van der Waals surface area contributed by atoms with Crippen molar-refractivity contribution in [1.29, 1.82) is 0 Å². The van der Waals surface area contributed by atoms with Crippen LogP contribution in [0.15, 0.2) is 0 Å². The van der Waals surface area contributed by atoms with Crippen molar-refractivity contribution in [2.24, 2.45) is 0 Å². The predicted molar refractivity (Wildman–Crippen MR) is 55.6 cm³/mol. The summed E-state index contributed by atoms with van der Waals surface area (Å²) in [7, 11) is -2.23. The van der Waals surface area contributed by atoms with Gasteiger partial charge in [0, 0.05) is 0 Å². The van der Waals surface area contributed by atoms with Crippen molar-refractivity contribution in [3.8, 4) is 5.75 Å². The van der Waals surface area contributed by atoms with E-state index in [9.17, 15) is 35.5 Å². The fourth-order valence-electron chi connectivity index (χ4n) is 1.01. The van der Waals surface area contributed by atoms with E-state index in [1.807, 2.05) is 0 Å². The molecule has 112 valence electrons. The van der Waals surface area contributed by atoms with Crippen molar-refractivity contribution < 1.29 is 40.3 Å². The lowest BCUT2D eigenvalue weighted by atomic mass is 10.2. The Balaban J connectivity index is 3.27. The second-order valence-electron chi connectivity index (χ2n) is 3.72. The number of carbonyl (C=O) groups is 1. The summed E-state index contributed by atoms with van der Waals surface area (Å²) in [6.07, 6.45) is 0. The highest BCUT2D eigenvalue weighted by Crippen LogP contribution is 2.46. The van der Waals surface area contributed by atoms with Crippen molar-refractivity contribution in [1.82, 2.24) is 0 Å². The number of ether oxygens (including phenoxy) is 1. The molecule has 0 aliphatic carbocycles. The van der Waals surface area contributed by atoms with Crippen LogP contribution in [-0.4, -0.2) is 25.0 Å². The Labute approximate surface area is 109 Å². The van der Waals surface area contributed by atoms with E-state index >= 15 is 0 Å². The minimum atomic E-state index is -4.09. The van der Waals surface area contributed by atoms with Crippen LogP contribution in [0.2, 0.25) is 0 Å². The number of alkyl halides is 2. The van der Waals surface area contributed by atoms with Crippen molar-refractivity contribution in [3.63, 3.8) is 0 Å². The largest absolute Gasteiger partial charge is 0.415 e. The molecule has 0 aliphatic heterocycles. The molecule has 0 atom stereocenters. The molecule has 0 spiro atoms. The van der Waals surface area contributed by atoms with Gasteiger partial charge in [-0.2, -0.15) is 17.6 Å². The lowest BCUT2D eigenvalue weighted by Crippen LogP contribution is -2.31. The van der Waals surface area contributed by atoms with Crippen molar-refractivity contribution in [2.75, 3.05) is 13.3 Å². The first kappa shape index (κ1) is 16.7. The van der Waals surface area contributed by atoms with Gasteiger partial charge in [0.25, 0.3) is 0 Å². The van der Waals surface area contributed by atoms with E-state index in [2.05, 4.69) is 4.74 Å². The third-order valence-electron chi connectivity index (χ3n) is 2.17. The molecular weight excluding hydrogens is 316 g/mol. The van der Waals surface area contributed by atoms with Crippen molar-refractivity contribution >= 4 is 13.9 Å². The summed E-state index contributed by atoms with van der Waals surface area (Å²) in [4.78, 5) is 11.1. The smallest absolute Gasteiger partial charge is 0.386 e. The number of halogens is 7. The monoisotopic (exact) mass is 322 g/mol. The van der Waals surface area contributed by atoms with Crippen LogP contribution in [0.4, 0.5) is 30.7 Å². The minimum Gasteiger partial charge on any atom is -0.415 e. The maximum atomic E-state index is 13.2. The SMILES string of the molecule is CP(C)C(F)(F)C(=O)Oc1c(F)c(F)c(F)c(F)c1F. The molecule has 1 aromatic rings.